The molecule has 1 unspecified atom stereocenters. The number of pyridine rings is 1. The number of carbonyl (C=O) groups is 4. The predicted molar refractivity (Wildman–Crippen MR) is 204 cm³/mol. The van der Waals surface area contributed by atoms with Crippen LogP contribution in [0.3, 0.4) is 0 Å². The summed E-state index contributed by atoms with van der Waals surface area (Å²) >= 11 is 0. The van der Waals surface area contributed by atoms with Crippen molar-refractivity contribution in [2.45, 2.75) is 49.9 Å². The van der Waals surface area contributed by atoms with Crippen LogP contribution in [0, 0.1) is 0 Å². The molecule has 3 N–H and O–H groups in total. The molecule has 0 spiro atoms. The molecule has 16 nitrogen and oxygen atoms in total. The fourth-order valence-corrected chi connectivity index (χ4v) is 8.65. The second-order valence-corrected chi connectivity index (χ2v) is 15.1. The van der Waals surface area contributed by atoms with Gasteiger partial charge in [-0.1, -0.05) is 18.2 Å². The second-order valence-electron chi connectivity index (χ2n) is 15.1. The first-order valence-electron chi connectivity index (χ1n) is 19.1. The van der Waals surface area contributed by atoms with Gasteiger partial charge >= 0.3 is 0 Å². The number of nitrogens with zero attached hydrogens (tertiary/aromatic N) is 9. The van der Waals surface area contributed by atoms with Gasteiger partial charge in [0, 0.05) is 63.3 Å². The Bertz CT molecular complexity index is 2380. The lowest BCUT2D eigenvalue weighted by Gasteiger charge is -2.55. The van der Waals surface area contributed by atoms with Crippen molar-refractivity contribution in [1.29, 1.82) is 0 Å². The number of nitrogens with two attached hydrogens (primary N) is 1. The molecule has 3 aromatic heterocycles. The van der Waals surface area contributed by atoms with E-state index < -0.39 is 29.7 Å². The first-order valence-corrected chi connectivity index (χ1v) is 19.1. The maximum atomic E-state index is 13.2. The topological polar surface area (TPSA) is 185 Å². The lowest BCUT2D eigenvalue weighted by molar-refractivity contribution is -0.136. The quantitative estimate of drug-likeness (QED) is 0.221. The van der Waals surface area contributed by atoms with Gasteiger partial charge in [0.2, 0.25) is 11.8 Å². The molecule has 2 aromatic carbocycles. The molecule has 284 valence electrons. The van der Waals surface area contributed by atoms with Crippen LogP contribution in [0.1, 0.15) is 52.6 Å². The summed E-state index contributed by atoms with van der Waals surface area (Å²) in [5.74, 6) is 0.386. The number of aromatic nitrogens is 5. The molecule has 5 aliphatic rings. The molecule has 4 fully saturated rings. The summed E-state index contributed by atoms with van der Waals surface area (Å²) in [5, 5.41) is 8.09. The van der Waals surface area contributed by atoms with Crippen molar-refractivity contribution < 1.29 is 23.9 Å². The van der Waals surface area contributed by atoms with Gasteiger partial charge in [0.25, 0.3) is 11.8 Å². The predicted octanol–water partition coefficient (Wildman–Crippen LogP) is 2.87. The van der Waals surface area contributed by atoms with E-state index in [0.29, 0.717) is 23.7 Å². The van der Waals surface area contributed by atoms with Gasteiger partial charge in [0.15, 0.2) is 5.65 Å². The molecular weight excluding hydrogens is 715 g/mol. The molecule has 8 heterocycles. The first-order chi connectivity index (χ1) is 27.3. The Hall–Kier alpha value is -6.26. The number of fused-ring (bicyclic) bond motifs is 2. The number of rotatable bonds is 8. The van der Waals surface area contributed by atoms with E-state index >= 15 is 0 Å². The fraction of sp³-hybridized carbons (Fsp3) is 0.350. The number of nitrogen functional groups attached to an aromatic ring is 1. The minimum Gasteiger partial charge on any atom is -0.457 e. The number of amides is 4. The van der Waals surface area contributed by atoms with E-state index in [-0.39, 0.29) is 30.1 Å². The highest BCUT2D eigenvalue weighted by Gasteiger charge is 2.47. The van der Waals surface area contributed by atoms with Gasteiger partial charge in [0.1, 0.15) is 46.9 Å². The van der Waals surface area contributed by atoms with Gasteiger partial charge < -0.3 is 15.4 Å². The van der Waals surface area contributed by atoms with Gasteiger partial charge in [-0.3, -0.25) is 39.2 Å². The summed E-state index contributed by atoms with van der Waals surface area (Å²) in [6.45, 7) is 5.48. The Morgan fingerprint density at radius 3 is 2.21 bits per heavy atom. The second kappa shape index (κ2) is 13.5. The van der Waals surface area contributed by atoms with E-state index in [2.05, 4.69) is 35.0 Å². The van der Waals surface area contributed by atoms with Crippen LogP contribution in [0.2, 0.25) is 0 Å². The van der Waals surface area contributed by atoms with Crippen LogP contribution in [0.4, 0.5) is 11.6 Å². The van der Waals surface area contributed by atoms with Crippen LogP contribution < -0.4 is 20.7 Å². The molecule has 0 bridgehead atoms. The molecule has 56 heavy (non-hydrogen) atoms. The van der Waals surface area contributed by atoms with Crippen LogP contribution in [-0.2, 0) is 9.59 Å². The van der Waals surface area contributed by atoms with E-state index in [1.54, 1.807) is 12.1 Å². The summed E-state index contributed by atoms with van der Waals surface area (Å²) < 4.78 is 8.04. The van der Waals surface area contributed by atoms with Gasteiger partial charge in [-0.05, 0) is 67.8 Å². The highest BCUT2D eigenvalue weighted by atomic mass is 16.5. The van der Waals surface area contributed by atoms with E-state index in [1.807, 2.05) is 59.3 Å². The van der Waals surface area contributed by atoms with Crippen molar-refractivity contribution in [2.24, 2.45) is 0 Å². The number of ether oxygens (including phenoxy) is 1. The normalized spacial score (nSPS) is 21.3. The third-order valence-electron chi connectivity index (χ3n) is 11.9. The van der Waals surface area contributed by atoms with Crippen molar-refractivity contribution in [2.75, 3.05) is 49.9 Å². The molecule has 4 amide bonds. The Kier molecular flexibility index (Phi) is 8.25. The van der Waals surface area contributed by atoms with Gasteiger partial charge in [-0.15, -0.1) is 0 Å². The number of piperidine rings is 2. The lowest BCUT2D eigenvalue weighted by Crippen LogP contribution is -2.70. The third kappa shape index (κ3) is 5.83. The van der Waals surface area contributed by atoms with E-state index in [1.165, 1.54) is 6.33 Å². The molecule has 0 radical (unpaired) electrons. The summed E-state index contributed by atoms with van der Waals surface area (Å²) in [4.78, 5) is 72.0. The zero-order valence-electron chi connectivity index (χ0n) is 30.5. The molecular formula is C40H39N11O5. The highest BCUT2D eigenvalue weighted by Crippen LogP contribution is 2.37. The summed E-state index contributed by atoms with van der Waals surface area (Å²) in [6.07, 6.45) is 3.59. The maximum absolute atomic E-state index is 13.2. The Morgan fingerprint density at radius 1 is 0.732 bits per heavy atom. The minimum absolute atomic E-state index is 0.0617. The average molecular weight is 754 g/mol. The maximum Gasteiger partial charge on any atom is 0.281 e. The molecule has 4 saturated heterocycles. The average Bonchev–Trinajstić information content (AvgIpc) is 3.68. The minimum atomic E-state index is -1.01. The Balaban J connectivity index is 0.739. The fourth-order valence-electron chi connectivity index (χ4n) is 8.65. The van der Waals surface area contributed by atoms with Crippen molar-refractivity contribution in [3.8, 4) is 22.8 Å². The van der Waals surface area contributed by atoms with Gasteiger partial charge in [-0.25, -0.2) is 19.6 Å². The zero-order chi connectivity index (χ0) is 38.1. The third-order valence-corrected chi connectivity index (χ3v) is 11.9. The highest BCUT2D eigenvalue weighted by molar-refractivity contribution is 6.22. The number of anilines is 2. The van der Waals surface area contributed by atoms with Crippen LogP contribution in [0.5, 0.6) is 11.5 Å². The molecule has 0 saturated carbocycles. The standard InChI is InChI=1S/C40H39N11O5/c41-36-33-34(23-6-8-28(9-7-23)56-27-4-2-1-3-5-27)46-51(37(33)43-22-42-36)24-14-16-47(17-15-24)25-18-48(19-25)26-20-49(21-26)31-12-10-29-35(44-31)40(55)50(39(29)54)30-11-13-32(52)45-38(30)53/h1-10,12,22,24-26,30H,11,13-21H2,(H2,41,42,43)(H,45,52,53). The lowest BCUT2D eigenvalue weighted by atomic mass is 9.96. The van der Waals surface area contributed by atoms with Crippen LogP contribution >= 0.6 is 0 Å². The largest absolute Gasteiger partial charge is 0.457 e. The summed E-state index contributed by atoms with van der Waals surface area (Å²) in [6, 6.07) is 21.0. The number of hydrogen-bond acceptors (Lipinski definition) is 13. The number of benzene rings is 2. The molecule has 0 aliphatic carbocycles. The SMILES string of the molecule is Nc1ncnc2c1c(-c1ccc(Oc3ccccc3)cc1)nn2C1CCN(C2CN(C3CN(c4ccc5c(n4)C(=O)N(C4CCC(=O)NC4=O)C5=O)C3)C2)CC1. The summed E-state index contributed by atoms with van der Waals surface area (Å²) in [5.41, 5.74) is 9.11. The van der Waals surface area contributed by atoms with E-state index in [4.69, 9.17) is 15.6 Å². The molecule has 5 aromatic rings. The molecule has 1 atom stereocenters. The molecule has 10 rings (SSSR count). The number of imide groups is 2. The monoisotopic (exact) mass is 753 g/mol. The van der Waals surface area contributed by atoms with E-state index in [9.17, 15) is 19.2 Å². The Morgan fingerprint density at radius 2 is 1.46 bits per heavy atom. The first kappa shape index (κ1) is 34.2. The number of hydrogen-bond donors (Lipinski definition) is 2. The van der Waals surface area contributed by atoms with Crippen molar-refractivity contribution in [3.05, 3.63) is 84.3 Å². The number of carbonyl (C=O) groups excluding carboxylic acids is 4. The van der Waals surface area contributed by atoms with Crippen molar-refractivity contribution >= 4 is 46.3 Å². The van der Waals surface area contributed by atoms with Gasteiger partial charge in [0.05, 0.1) is 17.0 Å². The van der Waals surface area contributed by atoms with Gasteiger partial charge in [-0.2, -0.15) is 5.10 Å². The number of para-hydroxylation sites is 1. The van der Waals surface area contributed by atoms with Crippen LogP contribution in [0.25, 0.3) is 22.3 Å². The number of likely N-dealkylation sites (tertiary alicyclic amines) is 2. The summed E-state index contributed by atoms with van der Waals surface area (Å²) in [7, 11) is 0. The zero-order valence-corrected chi connectivity index (χ0v) is 30.5. The smallest absolute Gasteiger partial charge is 0.281 e. The Labute approximate surface area is 321 Å². The van der Waals surface area contributed by atoms with E-state index in [0.717, 1.165) is 90.8 Å². The van der Waals surface area contributed by atoms with Crippen molar-refractivity contribution in [1.82, 2.24) is 44.7 Å². The van der Waals surface area contributed by atoms with Crippen LogP contribution in [-0.4, -0.2) is 120 Å². The van der Waals surface area contributed by atoms with Crippen LogP contribution in [0.15, 0.2) is 73.1 Å². The number of nitrogens with one attached hydrogen (secondary N) is 1. The molecule has 16 heteroatoms. The molecule has 5 aliphatic heterocycles. The van der Waals surface area contributed by atoms with Crippen molar-refractivity contribution in [3.63, 3.8) is 0 Å².